The van der Waals surface area contributed by atoms with Gasteiger partial charge in [0.25, 0.3) is 10.0 Å². The lowest BCUT2D eigenvalue weighted by Gasteiger charge is -2.23. The number of nitrogens with one attached hydrogen (secondary N) is 2. The SMILES string of the molecule is CC(N=C1NS(=O)(=O)c2ccccc21)C(=O)N1CC[C@@H]2CNC[C@@H]2CC1. The molecule has 2 saturated heterocycles. The van der Waals surface area contributed by atoms with Gasteiger partial charge in [-0.05, 0) is 56.8 Å². The molecule has 0 saturated carbocycles. The largest absolute Gasteiger partial charge is 0.341 e. The molecule has 0 aromatic heterocycles. The summed E-state index contributed by atoms with van der Waals surface area (Å²) in [6, 6.07) is 6.09. The van der Waals surface area contributed by atoms with Gasteiger partial charge in [-0.2, -0.15) is 0 Å². The first-order valence-corrected chi connectivity index (χ1v) is 10.6. The summed E-state index contributed by atoms with van der Waals surface area (Å²) in [6.45, 7) is 5.32. The van der Waals surface area contributed by atoms with E-state index in [9.17, 15) is 13.2 Å². The zero-order valence-corrected chi connectivity index (χ0v) is 15.6. The van der Waals surface area contributed by atoms with Gasteiger partial charge in [-0.15, -0.1) is 0 Å². The molecule has 1 unspecified atom stereocenters. The number of amides is 1. The Morgan fingerprint density at radius 1 is 1.19 bits per heavy atom. The van der Waals surface area contributed by atoms with Crippen LogP contribution in [0.25, 0.3) is 0 Å². The van der Waals surface area contributed by atoms with Gasteiger partial charge >= 0.3 is 0 Å². The highest BCUT2D eigenvalue weighted by molar-refractivity contribution is 7.90. The van der Waals surface area contributed by atoms with Crippen LogP contribution in [0.15, 0.2) is 34.2 Å². The smallest absolute Gasteiger partial charge is 0.263 e. The highest BCUT2D eigenvalue weighted by Crippen LogP contribution is 2.28. The first kappa shape index (κ1) is 17.5. The van der Waals surface area contributed by atoms with Crippen molar-refractivity contribution < 1.29 is 13.2 Å². The molecule has 2 fully saturated rings. The second-order valence-corrected chi connectivity index (χ2v) is 8.99. The molecular formula is C18H24N4O3S. The van der Waals surface area contributed by atoms with E-state index in [-0.39, 0.29) is 16.6 Å². The Labute approximate surface area is 153 Å². The summed E-state index contributed by atoms with van der Waals surface area (Å²) < 4.78 is 26.8. The molecule has 3 aliphatic heterocycles. The van der Waals surface area contributed by atoms with E-state index in [2.05, 4.69) is 15.0 Å². The average Bonchev–Trinajstić information content (AvgIpc) is 3.10. The van der Waals surface area contributed by atoms with Crippen molar-refractivity contribution in [2.75, 3.05) is 26.2 Å². The van der Waals surface area contributed by atoms with Crippen molar-refractivity contribution in [2.45, 2.75) is 30.7 Å². The maximum absolute atomic E-state index is 12.9. The van der Waals surface area contributed by atoms with Crippen LogP contribution in [0, 0.1) is 11.8 Å². The van der Waals surface area contributed by atoms with Crippen molar-refractivity contribution in [3.8, 4) is 0 Å². The van der Waals surface area contributed by atoms with E-state index in [0.29, 0.717) is 17.4 Å². The lowest BCUT2D eigenvalue weighted by atomic mass is 9.92. The average molecular weight is 376 g/mol. The highest BCUT2D eigenvalue weighted by Gasteiger charge is 2.34. The molecule has 1 aromatic carbocycles. The fourth-order valence-electron chi connectivity index (χ4n) is 4.18. The van der Waals surface area contributed by atoms with Gasteiger partial charge in [-0.1, -0.05) is 12.1 Å². The Morgan fingerprint density at radius 2 is 1.85 bits per heavy atom. The van der Waals surface area contributed by atoms with Gasteiger partial charge in [0.05, 0.1) is 4.90 Å². The molecule has 7 nitrogen and oxygen atoms in total. The van der Waals surface area contributed by atoms with E-state index in [1.54, 1.807) is 31.2 Å². The molecule has 26 heavy (non-hydrogen) atoms. The first-order chi connectivity index (χ1) is 12.5. The van der Waals surface area contributed by atoms with E-state index in [1.807, 2.05) is 4.90 Å². The summed E-state index contributed by atoms with van der Waals surface area (Å²) in [6.07, 6.45) is 2.03. The zero-order chi connectivity index (χ0) is 18.3. The monoisotopic (exact) mass is 376 g/mol. The van der Waals surface area contributed by atoms with Crippen molar-refractivity contribution in [2.24, 2.45) is 16.8 Å². The van der Waals surface area contributed by atoms with E-state index in [1.165, 1.54) is 0 Å². The van der Waals surface area contributed by atoms with Crippen LogP contribution in [0.5, 0.6) is 0 Å². The molecular weight excluding hydrogens is 352 g/mol. The number of fused-ring (bicyclic) bond motifs is 2. The van der Waals surface area contributed by atoms with Crippen LogP contribution in [0.2, 0.25) is 0 Å². The van der Waals surface area contributed by atoms with Crippen LogP contribution in [0.3, 0.4) is 0 Å². The molecule has 3 aliphatic rings. The predicted octanol–water partition coefficient (Wildman–Crippen LogP) is 0.572. The summed E-state index contributed by atoms with van der Waals surface area (Å²) in [7, 11) is -3.58. The van der Waals surface area contributed by atoms with E-state index >= 15 is 0 Å². The van der Waals surface area contributed by atoms with Crippen LogP contribution in [0.4, 0.5) is 0 Å². The molecule has 0 aliphatic carbocycles. The minimum Gasteiger partial charge on any atom is -0.341 e. The number of rotatable bonds is 2. The van der Waals surface area contributed by atoms with Crippen LogP contribution in [0.1, 0.15) is 25.3 Å². The van der Waals surface area contributed by atoms with Crippen molar-refractivity contribution >= 4 is 21.8 Å². The van der Waals surface area contributed by atoms with Crippen LogP contribution < -0.4 is 10.0 Å². The Hall–Kier alpha value is -1.93. The second kappa shape index (κ2) is 6.66. The Balaban J connectivity index is 1.50. The van der Waals surface area contributed by atoms with Crippen LogP contribution in [-0.2, 0) is 14.8 Å². The molecule has 3 heterocycles. The Bertz CT molecular complexity index is 838. The van der Waals surface area contributed by atoms with Gasteiger partial charge < -0.3 is 10.2 Å². The van der Waals surface area contributed by atoms with Gasteiger partial charge in [-0.25, -0.2) is 8.42 Å². The number of nitrogens with zero attached hydrogens (tertiary/aromatic N) is 2. The number of carbonyl (C=O) groups is 1. The number of amidine groups is 1. The van der Waals surface area contributed by atoms with Crippen LogP contribution in [-0.4, -0.2) is 57.3 Å². The van der Waals surface area contributed by atoms with Crippen LogP contribution >= 0.6 is 0 Å². The van der Waals surface area contributed by atoms with Gasteiger partial charge in [-0.3, -0.25) is 14.5 Å². The quantitative estimate of drug-likeness (QED) is 0.790. The number of benzene rings is 1. The molecule has 2 N–H and O–H groups in total. The van der Waals surface area contributed by atoms with E-state index < -0.39 is 16.1 Å². The molecule has 140 valence electrons. The predicted molar refractivity (Wildman–Crippen MR) is 98.4 cm³/mol. The summed E-state index contributed by atoms with van der Waals surface area (Å²) in [5.41, 5.74) is 0.531. The normalized spacial score (nSPS) is 29.6. The van der Waals surface area contributed by atoms with Crippen molar-refractivity contribution in [1.82, 2.24) is 14.9 Å². The third-order valence-electron chi connectivity index (χ3n) is 5.67. The summed E-state index contributed by atoms with van der Waals surface area (Å²) in [5.74, 6) is 1.54. The highest BCUT2D eigenvalue weighted by atomic mass is 32.2. The third kappa shape index (κ3) is 3.12. The standard InChI is InChI=1S/C18H24N4O3S/c1-12(18(23)22-8-6-13-10-19-11-14(13)7-9-22)20-17-15-4-2-3-5-16(15)26(24,25)21-17/h2-5,12-14,19H,6-11H2,1H3,(H,20,21)/t12?,13-,14+. The zero-order valence-electron chi connectivity index (χ0n) is 14.8. The van der Waals surface area contributed by atoms with E-state index in [4.69, 9.17) is 0 Å². The summed E-state index contributed by atoms with van der Waals surface area (Å²) in [5, 5.41) is 3.43. The summed E-state index contributed by atoms with van der Waals surface area (Å²) >= 11 is 0. The Morgan fingerprint density at radius 3 is 2.54 bits per heavy atom. The molecule has 0 bridgehead atoms. The van der Waals surface area contributed by atoms with Crippen molar-refractivity contribution in [3.63, 3.8) is 0 Å². The fourth-order valence-corrected chi connectivity index (χ4v) is 5.42. The van der Waals surface area contributed by atoms with Gasteiger partial charge in [0.2, 0.25) is 5.91 Å². The third-order valence-corrected chi connectivity index (χ3v) is 7.07. The lowest BCUT2D eigenvalue weighted by molar-refractivity contribution is -0.132. The van der Waals surface area contributed by atoms with Gasteiger partial charge in [0.15, 0.2) is 0 Å². The number of carbonyl (C=O) groups excluding carboxylic acids is 1. The topological polar surface area (TPSA) is 90.9 Å². The summed E-state index contributed by atoms with van der Waals surface area (Å²) in [4.78, 5) is 19.4. The minimum atomic E-state index is -3.58. The maximum Gasteiger partial charge on any atom is 0.263 e. The molecule has 8 heteroatoms. The fraction of sp³-hybridized carbons (Fsp3) is 0.556. The van der Waals surface area contributed by atoms with Crippen molar-refractivity contribution in [3.05, 3.63) is 29.8 Å². The first-order valence-electron chi connectivity index (χ1n) is 9.15. The Kier molecular flexibility index (Phi) is 4.48. The van der Waals surface area contributed by atoms with Gasteiger partial charge in [0, 0.05) is 18.7 Å². The number of sulfonamides is 1. The molecule has 0 radical (unpaired) electrons. The van der Waals surface area contributed by atoms with Gasteiger partial charge in [0.1, 0.15) is 11.9 Å². The maximum atomic E-state index is 12.9. The molecule has 0 spiro atoms. The molecule has 1 aromatic rings. The number of likely N-dealkylation sites (tertiary alicyclic amines) is 1. The minimum absolute atomic E-state index is 0.0333. The number of hydrogen-bond acceptors (Lipinski definition) is 5. The lowest BCUT2D eigenvalue weighted by Crippen LogP contribution is -2.39. The molecule has 1 amide bonds. The van der Waals surface area contributed by atoms with Crippen molar-refractivity contribution in [1.29, 1.82) is 0 Å². The second-order valence-electron chi connectivity index (χ2n) is 7.34. The van der Waals surface area contributed by atoms with E-state index in [0.717, 1.165) is 39.0 Å². The number of aliphatic imine (C=N–C) groups is 1. The molecule has 4 rings (SSSR count). The molecule has 3 atom stereocenters. The number of hydrogen-bond donors (Lipinski definition) is 2.